The highest BCUT2D eigenvalue weighted by molar-refractivity contribution is 5.89. The lowest BCUT2D eigenvalue weighted by molar-refractivity contribution is -0.907. The Morgan fingerprint density at radius 2 is 1.52 bits per heavy atom. The van der Waals surface area contributed by atoms with Crippen LogP contribution in [0.4, 0.5) is 4.39 Å². The molecule has 0 aromatic heterocycles. The molecule has 2 aliphatic rings. The van der Waals surface area contributed by atoms with Crippen LogP contribution in [0.2, 0.25) is 0 Å². The summed E-state index contributed by atoms with van der Waals surface area (Å²) in [6, 6.07) is 23.2. The number of rotatable bonds is 5. The zero-order valence-corrected chi connectivity index (χ0v) is 19.0. The van der Waals surface area contributed by atoms with Crippen LogP contribution in [-0.4, -0.2) is 43.5 Å². The predicted molar refractivity (Wildman–Crippen MR) is 126 cm³/mol. The van der Waals surface area contributed by atoms with Crippen LogP contribution in [0.1, 0.15) is 35.4 Å². The van der Waals surface area contributed by atoms with Gasteiger partial charge in [-0.25, -0.2) is 4.39 Å². The van der Waals surface area contributed by atoms with Crippen molar-refractivity contribution in [3.63, 3.8) is 0 Å². The van der Waals surface area contributed by atoms with Gasteiger partial charge in [-0.05, 0) is 23.8 Å². The normalized spacial score (nSPS) is 17.1. The summed E-state index contributed by atoms with van der Waals surface area (Å²) in [6.45, 7) is 2.39. The van der Waals surface area contributed by atoms with E-state index in [-0.39, 0.29) is 17.6 Å². The molecular weight excluding hydrogens is 415 g/mol. The summed E-state index contributed by atoms with van der Waals surface area (Å²) in [6.07, 6.45) is 2.65. The number of carbonyl (C=O) groups is 1. The first-order valence-electron chi connectivity index (χ1n) is 11.8. The zero-order chi connectivity index (χ0) is 22.8. The Hall–Kier alpha value is -3.18. The number of benzene rings is 3. The largest absolute Gasteiger partial charge is 0.457 e. The Bertz CT molecular complexity index is 1090. The summed E-state index contributed by atoms with van der Waals surface area (Å²) in [5, 5.41) is 0. The van der Waals surface area contributed by atoms with Gasteiger partial charge in [0.25, 0.3) is 0 Å². The number of para-hydroxylation sites is 2. The van der Waals surface area contributed by atoms with Gasteiger partial charge in [-0.3, -0.25) is 4.79 Å². The molecule has 1 atom stereocenters. The number of nitrogens with zero attached hydrogens (tertiary/aromatic N) is 1. The van der Waals surface area contributed by atoms with E-state index in [1.54, 1.807) is 6.07 Å². The highest BCUT2D eigenvalue weighted by Gasteiger charge is 2.37. The Morgan fingerprint density at radius 1 is 0.939 bits per heavy atom. The average Bonchev–Trinajstić information content (AvgIpc) is 2.86. The topological polar surface area (TPSA) is 34.0 Å². The number of nitrogens with one attached hydrogen (secondary N) is 1. The fraction of sp³-hybridized carbons (Fsp3) is 0.321. The fourth-order valence-corrected chi connectivity index (χ4v) is 5.19. The maximum Gasteiger partial charge on any atom is 0.234 e. The summed E-state index contributed by atoms with van der Waals surface area (Å²) >= 11 is 0. The number of likely N-dealkylation sites (N-methyl/N-ethyl adjacent to an activating group) is 1. The van der Waals surface area contributed by atoms with Gasteiger partial charge in [0.05, 0.1) is 25.6 Å². The second-order valence-corrected chi connectivity index (χ2v) is 9.15. The van der Waals surface area contributed by atoms with Crippen molar-refractivity contribution in [1.82, 2.24) is 4.90 Å². The molecule has 1 saturated heterocycles. The first kappa shape index (κ1) is 21.7. The molecule has 3 aromatic rings. The maximum absolute atomic E-state index is 13.9. The van der Waals surface area contributed by atoms with Crippen molar-refractivity contribution >= 4 is 5.91 Å². The molecule has 1 fully saturated rings. The molecule has 1 amide bonds. The van der Waals surface area contributed by atoms with Gasteiger partial charge >= 0.3 is 0 Å². The van der Waals surface area contributed by atoms with Crippen molar-refractivity contribution in [2.45, 2.75) is 31.2 Å². The van der Waals surface area contributed by atoms with E-state index in [2.05, 4.69) is 7.05 Å². The molecule has 0 aliphatic carbocycles. The first-order valence-corrected chi connectivity index (χ1v) is 11.8. The molecule has 5 rings (SSSR count). The molecule has 4 nitrogen and oxygen atoms in total. The number of hydrogen-bond acceptors (Lipinski definition) is 2. The maximum atomic E-state index is 13.9. The van der Waals surface area contributed by atoms with Crippen LogP contribution < -0.4 is 9.64 Å². The molecule has 5 heteroatoms. The van der Waals surface area contributed by atoms with Crippen LogP contribution in [0, 0.1) is 5.82 Å². The molecular formula is C28H30FN2O2+. The first-order chi connectivity index (χ1) is 16.1. The SMILES string of the molecule is C[NH+](CCc1ccccc1F)C1CCN(C(=O)C2c3ccccc3Oc3ccccc32)CC1. The molecule has 33 heavy (non-hydrogen) atoms. The van der Waals surface area contributed by atoms with Gasteiger partial charge in [-0.15, -0.1) is 0 Å². The molecule has 170 valence electrons. The molecule has 0 bridgehead atoms. The minimum atomic E-state index is -0.325. The third-order valence-corrected chi connectivity index (χ3v) is 7.18. The average molecular weight is 446 g/mol. The lowest BCUT2D eigenvalue weighted by Gasteiger charge is -2.37. The molecule has 0 saturated carbocycles. The summed E-state index contributed by atoms with van der Waals surface area (Å²) in [4.78, 5) is 17.2. The van der Waals surface area contributed by atoms with Gasteiger partial charge < -0.3 is 14.5 Å². The van der Waals surface area contributed by atoms with Gasteiger partial charge in [0.15, 0.2) is 0 Å². The predicted octanol–water partition coefficient (Wildman–Crippen LogP) is 3.81. The third-order valence-electron chi connectivity index (χ3n) is 7.18. The Balaban J connectivity index is 1.25. The van der Waals surface area contributed by atoms with Crippen molar-refractivity contribution in [2.24, 2.45) is 0 Å². The van der Waals surface area contributed by atoms with Gasteiger partial charge in [0.1, 0.15) is 17.3 Å². The van der Waals surface area contributed by atoms with E-state index in [1.807, 2.05) is 65.6 Å². The van der Waals surface area contributed by atoms with E-state index in [0.717, 1.165) is 67.1 Å². The van der Waals surface area contributed by atoms with Crippen LogP contribution in [0.3, 0.4) is 0 Å². The van der Waals surface area contributed by atoms with E-state index in [4.69, 9.17) is 4.74 Å². The number of halogens is 1. The molecule has 3 aromatic carbocycles. The van der Waals surface area contributed by atoms with Gasteiger partial charge in [0, 0.05) is 43.5 Å². The van der Waals surface area contributed by atoms with Crippen LogP contribution in [-0.2, 0) is 11.2 Å². The Morgan fingerprint density at radius 3 is 2.15 bits per heavy atom. The van der Waals surface area contributed by atoms with Crippen molar-refractivity contribution in [3.05, 3.63) is 95.3 Å². The number of carbonyl (C=O) groups excluding carboxylic acids is 1. The van der Waals surface area contributed by atoms with Crippen molar-refractivity contribution in [2.75, 3.05) is 26.7 Å². The number of piperidine rings is 1. The van der Waals surface area contributed by atoms with E-state index in [0.29, 0.717) is 6.04 Å². The second-order valence-electron chi connectivity index (χ2n) is 9.15. The number of likely N-dealkylation sites (tertiary alicyclic amines) is 1. The number of ether oxygens (including phenoxy) is 1. The number of fused-ring (bicyclic) bond motifs is 2. The van der Waals surface area contributed by atoms with Gasteiger partial charge in [-0.2, -0.15) is 0 Å². The van der Waals surface area contributed by atoms with Gasteiger partial charge in [0.2, 0.25) is 5.91 Å². The number of quaternary nitrogens is 1. The van der Waals surface area contributed by atoms with E-state index < -0.39 is 0 Å². The summed E-state index contributed by atoms with van der Waals surface area (Å²) in [5.41, 5.74) is 2.66. The van der Waals surface area contributed by atoms with Crippen LogP contribution >= 0.6 is 0 Å². The quantitative estimate of drug-likeness (QED) is 0.648. The monoisotopic (exact) mass is 445 g/mol. The summed E-state index contributed by atoms with van der Waals surface area (Å²) < 4.78 is 20.0. The van der Waals surface area contributed by atoms with Crippen LogP contribution in [0.5, 0.6) is 11.5 Å². The molecule has 2 aliphatic heterocycles. The Labute approximate surface area is 194 Å². The summed E-state index contributed by atoms with van der Waals surface area (Å²) in [7, 11) is 2.19. The van der Waals surface area contributed by atoms with Crippen molar-refractivity contribution < 1.29 is 18.8 Å². The lowest BCUT2D eigenvalue weighted by Crippen LogP contribution is -3.13. The fourth-order valence-electron chi connectivity index (χ4n) is 5.19. The van der Waals surface area contributed by atoms with Gasteiger partial charge in [-0.1, -0.05) is 54.6 Å². The standard InChI is InChI=1S/C28H29FN2O2/c1-30(17-14-20-8-2-5-11-24(20)29)21-15-18-31(19-16-21)28(32)27-22-9-3-6-12-25(22)33-26-13-7-4-10-23(26)27/h2-13,21,27H,14-19H2,1H3/p+1. The number of hydrogen-bond donors (Lipinski definition) is 1. The third kappa shape index (κ3) is 4.38. The number of amides is 1. The molecule has 2 heterocycles. The molecule has 1 unspecified atom stereocenters. The molecule has 1 N–H and O–H groups in total. The van der Waals surface area contributed by atoms with E-state index in [9.17, 15) is 9.18 Å². The van der Waals surface area contributed by atoms with Crippen LogP contribution in [0.25, 0.3) is 0 Å². The second kappa shape index (κ2) is 9.36. The lowest BCUT2D eigenvalue weighted by atomic mass is 9.86. The Kier molecular flexibility index (Phi) is 6.14. The summed E-state index contributed by atoms with van der Waals surface area (Å²) in [5.74, 6) is 1.24. The highest BCUT2D eigenvalue weighted by atomic mass is 19.1. The van der Waals surface area contributed by atoms with E-state index >= 15 is 0 Å². The smallest absolute Gasteiger partial charge is 0.234 e. The highest BCUT2D eigenvalue weighted by Crippen LogP contribution is 2.44. The minimum absolute atomic E-state index is 0.122. The molecule has 0 spiro atoms. The van der Waals surface area contributed by atoms with Crippen molar-refractivity contribution in [3.8, 4) is 11.5 Å². The minimum Gasteiger partial charge on any atom is -0.457 e. The van der Waals surface area contributed by atoms with Crippen molar-refractivity contribution in [1.29, 1.82) is 0 Å². The van der Waals surface area contributed by atoms with Crippen LogP contribution in [0.15, 0.2) is 72.8 Å². The molecule has 0 radical (unpaired) electrons. The van der Waals surface area contributed by atoms with E-state index in [1.165, 1.54) is 11.0 Å². The zero-order valence-electron chi connectivity index (χ0n) is 19.0.